The Labute approximate surface area is 133 Å². The summed E-state index contributed by atoms with van der Waals surface area (Å²) >= 11 is 1.69. The van der Waals surface area contributed by atoms with Crippen LogP contribution in [0.5, 0.6) is 0 Å². The van der Waals surface area contributed by atoms with Crippen LogP contribution < -0.4 is 5.32 Å². The minimum atomic E-state index is -0.187. The zero-order chi connectivity index (χ0) is 15.2. The average Bonchev–Trinajstić information content (AvgIpc) is 3.20. The van der Waals surface area contributed by atoms with Gasteiger partial charge < -0.3 is 14.6 Å². The minimum Gasteiger partial charge on any atom is -0.379 e. The van der Waals surface area contributed by atoms with Gasteiger partial charge in [0.15, 0.2) is 11.5 Å². The van der Waals surface area contributed by atoms with E-state index in [-0.39, 0.29) is 5.91 Å². The maximum absolute atomic E-state index is 12.0. The first kappa shape index (κ1) is 15.2. The summed E-state index contributed by atoms with van der Waals surface area (Å²) in [5, 5.41) is 8.76. The fourth-order valence-corrected chi connectivity index (χ4v) is 3.03. The summed E-state index contributed by atoms with van der Waals surface area (Å²) in [7, 11) is 0. The number of morpholine rings is 1. The molecule has 0 aromatic carbocycles. The Hall–Kier alpha value is -1.70. The van der Waals surface area contributed by atoms with Crippen molar-refractivity contribution < 1.29 is 14.1 Å². The van der Waals surface area contributed by atoms with Crippen molar-refractivity contribution in [3.63, 3.8) is 0 Å². The summed E-state index contributed by atoms with van der Waals surface area (Å²) in [4.78, 5) is 15.5. The maximum Gasteiger partial charge on any atom is 0.273 e. The van der Waals surface area contributed by atoms with Gasteiger partial charge in [-0.25, -0.2) is 0 Å². The Balaban J connectivity index is 1.46. The number of carbonyl (C=O) groups excluding carboxylic acids is 1. The predicted molar refractivity (Wildman–Crippen MR) is 83.0 cm³/mol. The maximum atomic E-state index is 12.0. The largest absolute Gasteiger partial charge is 0.379 e. The van der Waals surface area contributed by atoms with Crippen LogP contribution in [0.2, 0.25) is 0 Å². The molecule has 3 heterocycles. The number of hydrogen-bond donors (Lipinski definition) is 1. The topological polar surface area (TPSA) is 67.6 Å². The molecular weight excluding hydrogens is 302 g/mol. The molecular formula is C15H19N3O3S. The predicted octanol–water partition coefficient (Wildman–Crippen LogP) is 1.54. The van der Waals surface area contributed by atoms with Crippen molar-refractivity contribution in [2.75, 3.05) is 32.8 Å². The van der Waals surface area contributed by atoms with E-state index in [1.165, 1.54) is 4.88 Å². The zero-order valence-corrected chi connectivity index (χ0v) is 13.1. The average molecular weight is 321 g/mol. The van der Waals surface area contributed by atoms with Crippen LogP contribution in [0.4, 0.5) is 0 Å². The van der Waals surface area contributed by atoms with Gasteiger partial charge in [-0.3, -0.25) is 9.69 Å². The third-order valence-corrected chi connectivity index (χ3v) is 4.45. The van der Waals surface area contributed by atoms with Crippen LogP contribution in [0.25, 0.3) is 0 Å². The Morgan fingerprint density at radius 2 is 2.27 bits per heavy atom. The van der Waals surface area contributed by atoms with E-state index in [1.54, 1.807) is 17.4 Å². The molecule has 0 unspecified atom stereocenters. The third-order valence-electron chi connectivity index (χ3n) is 3.51. The number of nitrogens with one attached hydrogen (secondary N) is 1. The first-order valence-corrected chi connectivity index (χ1v) is 8.25. The molecule has 1 amide bonds. The van der Waals surface area contributed by atoms with Gasteiger partial charge >= 0.3 is 0 Å². The van der Waals surface area contributed by atoms with Gasteiger partial charge in [-0.2, -0.15) is 0 Å². The fraction of sp³-hybridized carbons (Fsp3) is 0.467. The number of rotatable bonds is 6. The summed E-state index contributed by atoms with van der Waals surface area (Å²) in [6, 6.07) is 5.79. The molecule has 1 N–H and O–H groups in total. The van der Waals surface area contributed by atoms with Gasteiger partial charge in [-0.15, -0.1) is 11.3 Å². The number of hydrogen-bond acceptors (Lipinski definition) is 6. The molecule has 1 aliphatic heterocycles. The van der Waals surface area contributed by atoms with Crippen molar-refractivity contribution in [1.82, 2.24) is 15.4 Å². The van der Waals surface area contributed by atoms with E-state index in [4.69, 9.17) is 9.26 Å². The Morgan fingerprint density at radius 3 is 3.05 bits per heavy atom. The lowest BCUT2D eigenvalue weighted by atomic mass is 10.3. The van der Waals surface area contributed by atoms with E-state index < -0.39 is 0 Å². The molecule has 22 heavy (non-hydrogen) atoms. The van der Waals surface area contributed by atoms with E-state index in [0.717, 1.165) is 32.7 Å². The molecule has 0 aliphatic carbocycles. The smallest absolute Gasteiger partial charge is 0.273 e. The highest BCUT2D eigenvalue weighted by molar-refractivity contribution is 7.09. The molecule has 1 saturated heterocycles. The molecule has 0 saturated carbocycles. The van der Waals surface area contributed by atoms with Crippen LogP contribution in [0.3, 0.4) is 0 Å². The molecule has 0 radical (unpaired) electrons. The van der Waals surface area contributed by atoms with Gasteiger partial charge in [-0.05, 0) is 17.9 Å². The van der Waals surface area contributed by atoms with Crippen molar-refractivity contribution in [2.45, 2.75) is 13.0 Å². The van der Waals surface area contributed by atoms with Gasteiger partial charge in [0.05, 0.1) is 19.8 Å². The lowest BCUT2D eigenvalue weighted by Crippen LogP contribution is -2.35. The highest BCUT2D eigenvalue weighted by atomic mass is 32.1. The fourth-order valence-electron chi connectivity index (χ4n) is 2.32. The van der Waals surface area contributed by atoms with E-state index in [2.05, 4.69) is 21.4 Å². The van der Waals surface area contributed by atoms with Crippen molar-refractivity contribution in [3.8, 4) is 0 Å². The molecule has 0 spiro atoms. The quantitative estimate of drug-likeness (QED) is 0.874. The first-order valence-electron chi connectivity index (χ1n) is 7.37. The van der Waals surface area contributed by atoms with E-state index in [0.29, 0.717) is 24.5 Å². The Kier molecular flexibility index (Phi) is 5.20. The molecule has 3 rings (SSSR count). The lowest BCUT2D eigenvalue weighted by Gasteiger charge is -2.25. The normalized spacial score (nSPS) is 15.8. The molecule has 1 aliphatic rings. The second-order valence-electron chi connectivity index (χ2n) is 5.15. The summed E-state index contributed by atoms with van der Waals surface area (Å²) in [5.74, 6) is 0.527. The van der Waals surface area contributed by atoms with Crippen LogP contribution in [-0.4, -0.2) is 48.8 Å². The zero-order valence-electron chi connectivity index (χ0n) is 12.3. The van der Waals surface area contributed by atoms with Gasteiger partial charge in [0, 0.05) is 30.6 Å². The van der Waals surface area contributed by atoms with Gasteiger partial charge in [0.25, 0.3) is 5.91 Å². The van der Waals surface area contributed by atoms with Crippen LogP contribution in [0.1, 0.15) is 21.1 Å². The number of aromatic nitrogens is 1. The monoisotopic (exact) mass is 321 g/mol. The second-order valence-corrected chi connectivity index (χ2v) is 6.18. The van der Waals surface area contributed by atoms with E-state index >= 15 is 0 Å². The van der Waals surface area contributed by atoms with Crippen molar-refractivity contribution in [1.29, 1.82) is 0 Å². The molecule has 0 atom stereocenters. The molecule has 2 aromatic rings. The molecule has 1 fully saturated rings. The molecule has 6 nitrogen and oxygen atoms in total. The Bertz CT molecular complexity index is 591. The van der Waals surface area contributed by atoms with Crippen LogP contribution >= 0.6 is 11.3 Å². The Morgan fingerprint density at radius 1 is 1.41 bits per heavy atom. The van der Waals surface area contributed by atoms with E-state index in [9.17, 15) is 4.79 Å². The summed E-state index contributed by atoms with van der Waals surface area (Å²) in [6.07, 6.45) is 0.835. The molecule has 118 valence electrons. The van der Waals surface area contributed by atoms with Crippen LogP contribution in [0.15, 0.2) is 28.1 Å². The van der Waals surface area contributed by atoms with Crippen molar-refractivity contribution >= 4 is 17.2 Å². The first-order chi connectivity index (χ1) is 10.8. The molecule has 0 bridgehead atoms. The second kappa shape index (κ2) is 7.53. The summed E-state index contributed by atoms with van der Waals surface area (Å²) < 4.78 is 10.6. The summed E-state index contributed by atoms with van der Waals surface area (Å²) in [6.45, 7) is 4.50. The number of carbonyl (C=O) groups is 1. The third kappa shape index (κ3) is 4.16. The van der Waals surface area contributed by atoms with Crippen LogP contribution in [0, 0.1) is 0 Å². The highest BCUT2D eigenvalue weighted by Crippen LogP contribution is 2.10. The number of thiophene rings is 1. The lowest BCUT2D eigenvalue weighted by molar-refractivity contribution is 0.0305. The van der Waals surface area contributed by atoms with Crippen molar-refractivity contribution in [2.24, 2.45) is 0 Å². The number of ether oxygens (including phenoxy) is 1. The molecule has 7 heteroatoms. The number of nitrogens with zero attached hydrogens (tertiary/aromatic N) is 2. The van der Waals surface area contributed by atoms with Gasteiger partial charge in [-0.1, -0.05) is 11.2 Å². The van der Waals surface area contributed by atoms with Crippen LogP contribution in [-0.2, 0) is 17.7 Å². The minimum absolute atomic E-state index is 0.187. The number of amides is 1. The highest BCUT2D eigenvalue weighted by Gasteiger charge is 2.16. The van der Waals surface area contributed by atoms with E-state index in [1.807, 2.05) is 11.4 Å². The SMILES string of the molecule is O=C(NCCc1cccs1)c1cc(CN2CCOCC2)on1. The summed E-state index contributed by atoms with van der Waals surface area (Å²) in [5.41, 5.74) is 0.342. The van der Waals surface area contributed by atoms with Gasteiger partial charge in [0.1, 0.15) is 0 Å². The molecule has 2 aromatic heterocycles. The van der Waals surface area contributed by atoms with Crippen molar-refractivity contribution in [3.05, 3.63) is 39.9 Å². The van der Waals surface area contributed by atoms with Gasteiger partial charge in [0.2, 0.25) is 0 Å². The standard InChI is InChI=1S/C15H19N3O3S/c19-15(16-4-3-13-2-1-9-22-13)14-10-12(21-17-14)11-18-5-7-20-8-6-18/h1-2,9-10H,3-8,11H2,(H,16,19).